The van der Waals surface area contributed by atoms with Gasteiger partial charge in [-0.25, -0.2) is 9.97 Å². The first-order valence-electron chi connectivity index (χ1n) is 3.89. The molecule has 0 amide bonds. The number of nitrogens with zero attached hydrogens (tertiary/aromatic N) is 2. The first kappa shape index (κ1) is 6.53. The molecule has 1 aliphatic rings. The Balaban J connectivity index is 2.05. The van der Waals surface area contributed by atoms with E-state index in [1.165, 1.54) is 12.8 Å². The Morgan fingerprint density at radius 3 is 3.00 bits per heavy atom. The van der Waals surface area contributed by atoms with E-state index in [9.17, 15) is 0 Å². The summed E-state index contributed by atoms with van der Waals surface area (Å²) in [6, 6.07) is 1.92. The lowest BCUT2D eigenvalue weighted by Gasteiger charge is -1.87. The van der Waals surface area contributed by atoms with E-state index in [-0.39, 0.29) is 0 Å². The third-order valence-electron chi connectivity index (χ3n) is 1.77. The van der Waals surface area contributed by atoms with E-state index < -0.39 is 0 Å². The molecule has 0 unspecified atom stereocenters. The maximum atomic E-state index is 4.08. The Labute approximate surface area is 66.0 Å². The number of hydrogen-bond donors (Lipinski definition) is 0. The SMILES string of the molecule is C(=C\C1CC1)/c1ccncn1. The van der Waals surface area contributed by atoms with Crippen LogP contribution < -0.4 is 0 Å². The summed E-state index contributed by atoms with van der Waals surface area (Å²) in [6.45, 7) is 0. The first-order valence-corrected chi connectivity index (χ1v) is 3.89. The fourth-order valence-corrected chi connectivity index (χ4v) is 0.923. The number of allylic oxidation sites excluding steroid dienone is 1. The minimum atomic E-state index is 0.824. The lowest BCUT2D eigenvalue weighted by atomic mass is 10.3. The Morgan fingerprint density at radius 2 is 2.36 bits per heavy atom. The van der Waals surface area contributed by atoms with E-state index >= 15 is 0 Å². The third kappa shape index (κ3) is 1.87. The molecular weight excluding hydrogens is 136 g/mol. The van der Waals surface area contributed by atoms with Crippen LogP contribution in [0.4, 0.5) is 0 Å². The van der Waals surface area contributed by atoms with Gasteiger partial charge in [0, 0.05) is 6.20 Å². The van der Waals surface area contributed by atoms with Crippen LogP contribution in [0, 0.1) is 5.92 Å². The largest absolute Gasteiger partial charge is 0.245 e. The zero-order chi connectivity index (χ0) is 7.52. The molecule has 11 heavy (non-hydrogen) atoms. The van der Waals surface area contributed by atoms with Gasteiger partial charge in [-0.15, -0.1) is 0 Å². The number of hydrogen-bond acceptors (Lipinski definition) is 2. The van der Waals surface area contributed by atoms with Gasteiger partial charge >= 0.3 is 0 Å². The summed E-state index contributed by atoms with van der Waals surface area (Å²) in [4.78, 5) is 7.92. The summed E-state index contributed by atoms with van der Waals surface area (Å²) in [5.41, 5.74) is 1.01. The quantitative estimate of drug-likeness (QED) is 0.636. The van der Waals surface area contributed by atoms with Gasteiger partial charge in [-0.3, -0.25) is 0 Å². The fraction of sp³-hybridized carbons (Fsp3) is 0.333. The average molecular weight is 146 g/mol. The molecule has 1 aliphatic carbocycles. The van der Waals surface area contributed by atoms with Gasteiger partial charge in [-0.05, 0) is 30.9 Å². The molecule has 0 spiro atoms. The van der Waals surface area contributed by atoms with Gasteiger partial charge in [0.15, 0.2) is 0 Å². The van der Waals surface area contributed by atoms with Crippen LogP contribution in [0.5, 0.6) is 0 Å². The molecule has 1 fully saturated rings. The molecule has 2 nitrogen and oxygen atoms in total. The Hall–Kier alpha value is -1.18. The van der Waals surface area contributed by atoms with Crippen molar-refractivity contribution in [3.63, 3.8) is 0 Å². The lowest BCUT2D eigenvalue weighted by Crippen LogP contribution is -1.79. The van der Waals surface area contributed by atoms with Crippen LogP contribution >= 0.6 is 0 Å². The minimum absolute atomic E-state index is 0.824. The molecule has 2 rings (SSSR count). The highest BCUT2D eigenvalue weighted by atomic mass is 14.8. The molecule has 0 bridgehead atoms. The van der Waals surface area contributed by atoms with Crippen LogP contribution in [0.25, 0.3) is 6.08 Å². The molecule has 0 aromatic carbocycles. The Morgan fingerprint density at radius 1 is 1.45 bits per heavy atom. The maximum Gasteiger partial charge on any atom is 0.115 e. The summed E-state index contributed by atoms with van der Waals surface area (Å²) in [5.74, 6) is 0.824. The minimum Gasteiger partial charge on any atom is -0.245 e. The highest BCUT2D eigenvalue weighted by Crippen LogP contribution is 2.30. The van der Waals surface area contributed by atoms with Crippen LogP contribution in [0.1, 0.15) is 18.5 Å². The van der Waals surface area contributed by atoms with E-state index in [0.29, 0.717) is 0 Å². The Bertz CT molecular complexity index is 250. The molecule has 1 saturated carbocycles. The van der Waals surface area contributed by atoms with Crippen molar-refractivity contribution in [3.05, 3.63) is 30.4 Å². The number of aromatic nitrogens is 2. The molecular formula is C9H10N2. The van der Waals surface area contributed by atoms with Crippen LogP contribution in [0.2, 0.25) is 0 Å². The fourth-order valence-electron chi connectivity index (χ4n) is 0.923. The van der Waals surface area contributed by atoms with Gasteiger partial charge in [0.25, 0.3) is 0 Å². The molecule has 0 saturated heterocycles. The molecule has 1 aromatic heterocycles. The van der Waals surface area contributed by atoms with Crippen molar-refractivity contribution in [1.29, 1.82) is 0 Å². The van der Waals surface area contributed by atoms with Crippen LogP contribution in [0.3, 0.4) is 0 Å². The molecule has 0 atom stereocenters. The van der Waals surface area contributed by atoms with Crippen molar-refractivity contribution >= 4 is 6.08 Å². The van der Waals surface area contributed by atoms with E-state index in [4.69, 9.17) is 0 Å². The van der Waals surface area contributed by atoms with E-state index in [1.54, 1.807) is 12.5 Å². The molecule has 56 valence electrons. The van der Waals surface area contributed by atoms with Crippen LogP contribution in [-0.2, 0) is 0 Å². The lowest BCUT2D eigenvalue weighted by molar-refractivity contribution is 1.12. The molecule has 0 radical (unpaired) electrons. The summed E-state index contributed by atoms with van der Waals surface area (Å²) in [5, 5.41) is 0. The van der Waals surface area contributed by atoms with Crippen molar-refractivity contribution in [1.82, 2.24) is 9.97 Å². The zero-order valence-corrected chi connectivity index (χ0v) is 6.27. The molecule has 0 aliphatic heterocycles. The van der Waals surface area contributed by atoms with Gasteiger partial charge in [-0.2, -0.15) is 0 Å². The van der Waals surface area contributed by atoms with Gasteiger partial charge in [0.1, 0.15) is 6.33 Å². The van der Waals surface area contributed by atoms with Crippen molar-refractivity contribution < 1.29 is 0 Å². The summed E-state index contributed by atoms with van der Waals surface area (Å²) in [6.07, 6.45) is 10.3. The third-order valence-corrected chi connectivity index (χ3v) is 1.77. The van der Waals surface area contributed by atoms with E-state index in [0.717, 1.165) is 11.6 Å². The smallest absolute Gasteiger partial charge is 0.115 e. The number of rotatable bonds is 2. The predicted octanol–water partition coefficient (Wildman–Crippen LogP) is 1.90. The zero-order valence-electron chi connectivity index (χ0n) is 6.27. The van der Waals surface area contributed by atoms with Crippen LogP contribution in [-0.4, -0.2) is 9.97 Å². The summed E-state index contributed by atoms with van der Waals surface area (Å²) in [7, 11) is 0. The van der Waals surface area contributed by atoms with Gasteiger partial charge in [0.05, 0.1) is 5.69 Å². The summed E-state index contributed by atoms with van der Waals surface area (Å²) >= 11 is 0. The maximum absolute atomic E-state index is 4.08. The Kier molecular flexibility index (Phi) is 1.68. The monoisotopic (exact) mass is 146 g/mol. The average Bonchev–Trinajstić information content (AvgIpc) is 2.86. The topological polar surface area (TPSA) is 25.8 Å². The van der Waals surface area contributed by atoms with Crippen molar-refractivity contribution in [2.45, 2.75) is 12.8 Å². The van der Waals surface area contributed by atoms with Crippen molar-refractivity contribution in [2.24, 2.45) is 5.92 Å². The molecule has 1 heterocycles. The van der Waals surface area contributed by atoms with Crippen LogP contribution in [0.15, 0.2) is 24.7 Å². The van der Waals surface area contributed by atoms with Crippen molar-refractivity contribution in [3.8, 4) is 0 Å². The van der Waals surface area contributed by atoms with Gasteiger partial charge in [0.2, 0.25) is 0 Å². The highest BCUT2D eigenvalue weighted by molar-refractivity contribution is 5.44. The normalized spacial score (nSPS) is 17.5. The van der Waals surface area contributed by atoms with Gasteiger partial charge < -0.3 is 0 Å². The second-order valence-electron chi connectivity index (χ2n) is 2.83. The van der Waals surface area contributed by atoms with Crippen molar-refractivity contribution in [2.75, 3.05) is 0 Å². The molecule has 1 aromatic rings. The molecule has 0 N–H and O–H groups in total. The van der Waals surface area contributed by atoms with E-state index in [2.05, 4.69) is 22.1 Å². The van der Waals surface area contributed by atoms with E-state index in [1.807, 2.05) is 6.07 Å². The standard InChI is InChI=1S/C9H10N2/c1-2-8(1)3-4-9-5-6-10-7-11-9/h3-8H,1-2H2/b4-3+. The predicted molar refractivity (Wildman–Crippen MR) is 43.8 cm³/mol. The second-order valence-corrected chi connectivity index (χ2v) is 2.83. The second kappa shape index (κ2) is 2.82. The first-order chi connectivity index (χ1) is 5.45. The molecule has 2 heteroatoms. The van der Waals surface area contributed by atoms with Gasteiger partial charge in [-0.1, -0.05) is 6.08 Å². The highest BCUT2D eigenvalue weighted by Gasteiger charge is 2.16. The summed E-state index contributed by atoms with van der Waals surface area (Å²) < 4.78 is 0.